The summed E-state index contributed by atoms with van der Waals surface area (Å²) in [6.07, 6.45) is 3.32. The van der Waals surface area contributed by atoms with Gasteiger partial charge in [-0.25, -0.2) is 0 Å². The molecule has 1 unspecified atom stereocenters. The Balaban J connectivity index is 1.58. The molecule has 3 amide bonds. The second kappa shape index (κ2) is 8.34. The van der Waals surface area contributed by atoms with Gasteiger partial charge in [0.25, 0.3) is 0 Å². The van der Waals surface area contributed by atoms with Crippen LogP contribution in [-0.2, 0) is 20.8 Å². The number of likely N-dealkylation sites (tertiary alicyclic amines) is 2. The minimum Gasteiger partial charge on any atom is -0.359 e. The predicted molar refractivity (Wildman–Crippen MR) is 98.3 cm³/mol. The summed E-state index contributed by atoms with van der Waals surface area (Å²) in [6.45, 7) is 1.83. The van der Waals surface area contributed by atoms with Gasteiger partial charge in [-0.15, -0.1) is 0 Å². The number of benzene rings is 1. The minimum absolute atomic E-state index is 0.0107. The van der Waals surface area contributed by atoms with Crippen molar-refractivity contribution >= 4 is 17.7 Å². The highest BCUT2D eigenvalue weighted by molar-refractivity contribution is 5.89. The lowest BCUT2D eigenvalue weighted by molar-refractivity contribution is -0.145. The summed E-state index contributed by atoms with van der Waals surface area (Å²) in [5, 5.41) is 2.68. The summed E-state index contributed by atoms with van der Waals surface area (Å²) in [7, 11) is 1.65. The van der Waals surface area contributed by atoms with Gasteiger partial charge in [-0.3, -0.25) is 14.4 Å². The third-order valence-corrected chi connectivity index (χ3v) is 5.48. The van der Waals surface area contributed by atoms with E-state index in [9.17, 15) is 14.4 Å². The average Bonchev–Trinajstić information content (AvgIpc) is 3.17. The Morgan fingerprint density at radius 2 is 1.73 bits per heavy atom. The van der Waals surface area contributed by atoms with Crippen molar-refractivity contribution in [2.24, 2.45) is 5.92 Å². The monoisotopic (exact) mass is 357 g/mol. The molecule has 3 rings (SSSR count). The highest BCUT2D eigenvalue weighted by Gasteiger charge is 2.37. The van der Waals surface area contributed by atoms with Crippen molar-refractivity contribution in [3.63, 3.8) is 0 Å². The molecule has 0 radical (unpaired) electrons. The van der Waals surface area contributed by atoms with Crippen LogP contribution in [0.25, 0.3) is 0 Å². The highest BCUT2D eigenvalue weighted by Crippen LogP contribution is 2.24. The number of rotatable bonds is 4. The Morgan fingerprint density at radius 3 is 2.38 bits per heavy atom. The third-order valence-electron chi connectivity index (χ3n) is 5.48. The average molecular weight is 357 g/mol. The second-order valence-electron chi connectivity index (χ2n) is 7.12. The van der Waals surface area contributed by atoms with Gasteiger partial charge in [-0.05, 0) is 31.2 Å². The van der Waals surface area contributed by atoms with E-state index in [4.69, 9.17) is 0 Å². The number of nitrogens with zero attached hydrogens (tertiary/aromatic N) is 2. The quantitative estimate of drug-likeness (QED) is 0.880. The number of amides is 3. The number of hydrogen-bond acceptors (Lipinski definition) is 3. The van der Waals surface area contributed by atoms with Crippen LogP contribution in [-0.4, -0.2) is 60.2 Å². The summed E-state index contributed by atoms with van der Waals surface area (Å²) in [6, 6.07) is 9.31. The van der Waals surface area contributed by atoms with E-state index in [-0.39, 0.29) is 29.7 Å². The maximum atomic E-state index is 12.9. The first kappa shape index (κ1) is 18.4. The van der Waals surface area contributed by atoms with Crippen molar-refractivity contribution in [1.82, 2.24) is 15.1 Å². The van der Waals surface area contributed by atoms with Crippen molar-refractivity contribution in [3.8, 4) is 0 Å². The van der Waals surface area contributed by atoms with Crippen LogP contribution in [0.4, 0.5) is 0 Å². The lowest BCUT2D eigenvalue weighted by Crippen LogP contribution is -2.51. The SMILES string of the molecule is CNC(=O)C1CCN(C(=O)C2CCCN2C(=O)Cc2ccccc2)CC1. The molecular weight excluding hydrogens is 330 g/mol. The maximum absolute atomic E-state index is 12.9. The molecule has 6 nitrogen and oxygen atoms in total. The predicted octanol–water partition coefficient (Wildman–Crippen LogP) is 1.20. The van der Waals surface area contributed by atoms with E-state index in [1.165, 1.54) is 0 Å². The molecule has 1 atom stereocenters. The van der Waals surface area contributed by atoms with Gasteiger partial charge in [0.2, 0.25) is 17.7 Å². The molecule has 1 aromatic carbocycles. The molecule has 0 spiro atoms. The van der Waals surface area contributed by atoms with Crippen LogP contribution >= 0.6 is 0 Å². The molecule has 0 saturated carbocycles. The summed E-state index contributed by atoms with van der Waals surface area (Å²) in [5.74, 6) is 0.104. The fourth-order valence-electron chi connectivity index (χ4n) is 3.97. The Kier molecular flexibility index (Phi) is 5.91. The molecule has 2 aliphatic heterocycles. The third kappa shape index (κ3) is 4.06. The first-order chi connectivity index (χ1) is 12.6. The van der Waals surface area contributed by atoms with E-state index in [2.05, 4.69) is 5.32 Å². The molecule has 0 aliphatic carbocycles. The van der Waals surface area contributed by atoms with Gasteiger partial charge in [-0.1, -0.05) is 30.3 Å². The zero-order valence-corrected chi connectivity index (χ0v) is 15.3. The highest BCUT2D eigenvalue weighted by atomic mass is 16.2. The Bertz CT molecular complexity index is 654. The zero-order chi connectivity index (χ0) is 18.5. The van der Waals surface area contributed by atoms with Crippen LogP contribution in [0, 0.1) is 5.92 Å². The molecule has 2 heterocycles. The minimum atomic E-state index is -0.345. The first-order valence-electron chi connectivity index (χ1n) is 9.44. The van der Waals surface area contributed by atoms with Crippen LogP contribution in [0.1, 0.15) is 31.2 Å². The van der Waals surface area contributed by atoms with Gasteiger partial charge in [0.15, 0.2) is 0 Å². The van der Waals surface area contributed by atoms with Crippen LogP contribution in [0.15, 0.2) is 30.3 Å². The summed E-state index contributed by atoms with van der Waals surface area (Å²) < 4.78 is 0. The normalized spacial score (nSPS) is 20.9. The van der Waals surface area contributed by atoms with Crippen LogP contribution in [0.5, 0.6) is 0 Å². The molecule has 26 heavy (non-hydrogen) atoms. The van der Waals surface area contributed by atoms with Gasteiger partial charge >= 0.3 is 0 Å². The molecule has 1 N–H and O–H groups in total. The molecule has 1 aromatic rings. The summed E-state index contributed by atoms with van der Waals surface area (Å²) >= 11 is 0. The van der Waals surface area contributed by atoms with Crippen LogP contribution in [0.3, 0.4) is 0 Å². The lowest BCUT2D eigenvalue weighted by atomic mass is 9.95. The molecule has 140 valence electrons. The van der Waals surface area contributed by atoms with E-state index in [1.807, 2.05) is 35.2 Å². The first-order valence-corrected chi connectivity index (χ1v) is 9.44. The second-order valence-corrected chi connectivity index (χ2v) is 7.12. The van der Waals surface area contributed by atoms with Gasteiger partial charge in [-0.2, -0.15) is 0 Å². The van der Waals surface area contributed by atoms with E-state index >= 15 is 0 Å². The zero-order valence-electron chi connectivity index (χ0n) is 15.3. The fraction of sp³-hybridized carbons (Fsp3) is 0.550. The van der Waals surface area contributed by atoms with E-state index in [0.29, 0.717) is 38.9 Å². The number of nitrogens with one attached hydrogen (secondary N) is 1. The number of carbonyl (C=O) groups is 3. The number of carbonyl (C=O) groups excluding carboxylic acids is 3. The van der Waals surface area contributed by atoms with E-state index in [0.717, 1.165) is 18.4 Å². The van der Waals surface area contributed by atoms with Crippen LogP contribution in [0.2, 0.25) is 0 Å². The van der Waals surface area contributed by atoms with Crippen molar-refractivity contribution in [3.05, 3.63) is 35.9 Å². The van der Waals surface area contributed by atoms with Crippen LogP contribution < -0.4 is 5.32 Å². The smallest absolute Gasteiger partial charge is 0.245 e. The molecule has 2 fully saturated rings. The molecule has 0 bridgehead atoms. The number of piperidine rings is 1. The van der Waals surface area contributed by atoms with Crippen molar-refractivity contribution < 1.29 is 14.4 Å². The lowest BCUT2D eigenvalue weighted by Gasteiger charge is -2.35. The molecule has 6 heteroatoms. The standard InChI is InChI=1S/C20H27N3O3/c1-21-19(25)16-9-12-22(13-10-16)20(26)17-8-5-11-23(17)18(24)14-15-6-3-2-4-7-15/h2-4,6-7,16-17H,5,8-14H2,1H3,(H,21,25). The van der Waals surface area contributed by atoms with E-state index < -0.39 is 0 Å². The van der Waals surface area contributed by atoms with Crippen molar-refractivity contribution in [1.29, 1.82) is 0 Å². The molecule has 0 aromatic heterocycles. The largest absolute Gasteiger partial charge is 0.359 e. The van der Waals surface area contributed by atoms with Gasteiger partial charge < -0.3 is 15.1 Å². The fourth-order valence-corrected chi connectivity index (χ4v) is 3.97. The topological polar surface area (TPSA) is 69.7 Å². The van der Waals surface area contributed by atoms with Crippen molar-refractivity contribution in [2.75, 3.05) is 26.7 Å². The van der Waals surface area contributed by atoms with E-state index in [1.54, 1.807) is 11.9 Å². The van der Waals surface area contributed by atoms with Gasteiger partial charge in [0, 0.05) is 32.6 Å². The molecule has 2 saturated heterocycles. The number of hydrogen-bond donors (Lipinski definition) is 1. The maximum Gasteiger partial charge on any atom is 0.245 e. The summed E-state index contributed by atoms with van der Waals surface area (Å²) in [5.41, 5.74) is 0.974. The Labute approximate surface area is 154 Å². The molecule has 2 aliphatic rings. The van der Waals surface area contributed by atoms with Crippen molar-refractivity contribution in [2.45, 2.75) is 38.1 Å². The Morgan fingerprint density at radius 1 is 1.04 bits per heavy atom. The van der Waals surface area contributed by atoms with Gasteiger partial charge in [0.05, 0.1) is 6.42 Å². The van der Waals surface area contributed by atoms with Gasteiger partial charge in [0.1, 0.15) is 6.04 Å². The molecular formula is C20H27N3O3. The summed E-state index contributed by atoms with van der Waals surface area (Å²) in [4.78, 5) is 41.0. The Hall–Kier alpha value is -2.37.